The Balaban J connectivity index is 2.47. The summed E-state index contributed by atoms with van der Waals surface area (Å²) in [5, 5.41) is 11.9. The third-order valence-electron chi connectivity index (χ3n) is 2.02. The van der Waals surface area contributed by atoms with Crippen molar-refractivity contribution in [3.8, 4) is 0 Å². The third-order valence-corrected chi connectivity index (χ3v) is 2.02. The van der Waals surface area contributed by atoms with Crippen molar-refractivity contribution in [3.63, 3.8) is 0 Å². The number of rotatable bonds is 4. The fraction of sp³-hybridized carbons (Fsp3) is 0.556. The van der Waals surface area contributed by atoms with E-state index in [4.69, 9.17) is 0 Å². The zero-order valence-electron chi connectivity index (χ0n) is 8.40. The third kappa shape index (κ3) is 2.56. The quantitative estimate of drug-likeness (QED) is 0.709. The molecule has 5 heteroatoms. The summed E-state index contributed by atoms with van der Waals surface area (Å²) in [6.45, 7) is 2.14. The summed E-state index contributed by atoms with van der Waals surface area (Å²) in [4.78, 5) is 15.3. The minimum absolute atomic E-state index is 0.211. The molecule has 1 heterocycles. The van der Waals surface area contributed by atoms with Gasteiger partial charge in [0.25, 0.3) is 5.91 Å². The van der Waals surface area contributed by atoms with E-state index in [-0.39, 0.29) is 12.5 Å². The highest BCUT2D eigenvalue weighted by atomic mass is 16.3. The number of aromatic nitrogens is 2. The van der Waals surface area contributed by atoms with E-state index in [0.29, 0.717) is 12.1 Å². The van der Waals surface area contributed by atoms with Gasteiger partial charge in [-0.25, -0.2) is 4.98 Å². The number of aryl methyl sites for hydroxylation is 1. The van der Waals surface area contributed by atoms with Crippen LogP contribution in [0.25, 0.3) is 0 Å². The van der Waals surface area contributed by atoms with E-state index in [1.165, 1.54) is 6.20 Å². The molecule has 1 rings (SSSR count). The predicted molar refractivity (Wildman–Crippen MR) is 51.8 cm³/mol. The molecule has 78 valence electrons. The monoisotopic (exact) mass is 197 g/mol. The van der Waals surface area contributed by atoms with Crippen LogP contribution in [0.5, 0.6) is 0 Å². The standard InChI is InChI=1S/C9H15N3O2/c1-3-7(13)4-11-9(14)8-5-10-6-12(8)2/h5-7,13H,3-4H2,1-2H3,(H,11,14). The van der Waals surface area contributed by atoms with Gasteiger partial charge in [0.2, 0.25) is 0 Å². The molecule has 0 aliphatic carbocycles. The molecule has 1 unspecified atom stereocenters. The number of hydrogen-bond donors (Lipinski definition) is 2. The number of hydrogen-bond acceptors (Lipinski definition) is 3. The van der Waals surface area contributed by atoms with Crippen molar-refractivity contribution in [1.82, 2.24) is 14.9 Å². The molecule has 0 aromatic carbocycles. The number of imidazole rings is 1. The highest BCUT2D eigenvalue weighted by Gasteiger charge is 2.10. The first kappa shape index (κ1) is 10.7. The molecule has 1 amide bonds. The van der Waals surface area contributed by atoms with E-state index in [2.05, 4.69) is 10.3 Å². The Bertz CT molecular complexity index is 309. The average Bonchev–Trinajstić information content (AvgIpc) is 2.60. The van der Waals surface area contributed by atoms with E-state index in [9.17, 15) is 9.90 Å². The lowest BCUT2D eigenvalue weighted by Crippen LogP contribution is -2.32. The fourth-order valence-electron chi connectivity index (χ4n) is 1.02. The highest BCUT2D eigenvalue weighted by Crippen LogP contribution is 1.96. The smallest absolute Gasteiger partial charge is 0.269 e. The Labute approximate surface area is 82.8 Å². The van der Waals surface area contributed by atoms with Gasteiger partial charge in [-0.3, -0.25) is 4.79 Å². The van der Waals surface area contributed by atoms with Gasteiger partial charge in [0.05, 0.1) is 18.6 Å². The minimum Gasteiger partial charge on any atom is -0.391 e. The van der Waals surface area contributed by atoms with Gasteiger partial charge in [0, 0.05) is 13.6 Å². The lowest BCUT2D eigenvalue weighted by molar-refractivity contribution is 0.0906. The molecule has 0 saturated heterocycles. The predicted octanol–water partition coefficient (Wildman–Crippen LogP) is -0.0792. The Morgan fingerprint density at radius 2 is 2.50 bits per heavy atom. The van der Waals surface area contributed by atoms with Crippen LogP contribution in [0.3, 0.4) is 0 Å². The van der Waals surface area contributed by atoms with E-state index in [0.717, 1.165) is 0 Å². The molecule has 0 radical (unpaired) electrons. The number of nitrogens with zero attached hydrogens (tertiary/aromatic N) is 2. The second-order valence-corrected chi connectivity index (χ2v) is 3.16. The maximum Gasteiger partial charge on any atom is 0.269 e. The van der Waals surface area contributed by atoms with Crippen LogP contribution in [-0.2, 0) is 7.05 Å². The van der Waals surface area contributed by atoms with Crippen LogP contribution in [0.15, 0.2) is 12.5 Å². The van der Waals surface area contributed by atoms with Crippen molar-refractivity contribution in [2.24, 2.45) is 7.05 Å². The van der Waals surface area contributed by atoms with E-state index in [1.807, 2.05) is 6.92 Å². The molecule has 5 nitrogen and oxygen atoms in total. The highest BCUT2D eigenvalue weighted by molar-refractivity contribution is 5.92. The summed E-state index contributed by atoms with van der Waals surface area (Å²) >= 11 is 0. The molecule has 0 aliphatic rings. The van der Waals surface area contributed by atoms with E-state index >= 15 is 0 Å². The van der Waals surface area contributed by atoms with Crippen molar-refractivity contribution < 1.29 is 9.90 Å². The summed E-state index contributed by atoms with van der Waals surface area (Å²) in [7, 11) is 1.75. The molecule has 0 saturated carbocycles. The number of aliphatic hydroxyl groups is 1. The van der Waals surface area contributed by atoms with E-state index in [1.54, 1.807) is 17.9 Å². The first-order chi connectivity index (χ1) is 6.65. The number of carbonyl (C=O) groups is 1. The van der Waals surface area contributed by atoms with Crippen molar-refractivity contribution in [1.29, 1.82) is 0 Å². The lowest BCUT2D eigenvalue weighted by atomic mass is 10.3. The van der Waals surface area contributed by atoms with Crippen molar-refractivity contribution in [2.75, 3.05) is 6.54 Å². The first-order valence-electron chi connectivity index (χ1n) is 4.57. The van der Waals surface area contributed by atoms with Gasteiger partial charge in [-0.2, -0.15) is 0 Å². The Hall–Kier alpha value is -1.36. The summed E-state index contributed by atoms with van der Waals surface area (Å²) in [6, 6.07) is 0. The van der Waals surface area contributed by atoms with Crippen LogP contribution in [0, 0.1) is 0 Å². The van der Waals surface area contributed by atoms with Gasteiger partial charge in [-0.1, -0.05) is 6.92 Å². The van der Waals surface area contributed by atoms with Gasteiger partial charge >= 0.3 is 0 Å². The number of carbonyl (C=O) groups excluding carboxylic acids is 1. The van der Waals surface area contributed by atoms with Crippen molar-refractivity contribution >= 4 is 5.91 Å². The SMILES string of the molecule is CCC(O)CNC(=O)c1cncn1C. The molecule has 0 bridgehead atoms. The molecular weight excluding hydrogens is 182 g/mol. The molecule has 2 N–H and O–H groups in total. The van der Waals surface area contributed by atoms with Crippen LogP contribution in [0.4, 0.5) is 0 Å². The topological polar surface area (TPSA) is 67.2 Å². The number of nitrogens with one attached hydrogen (secondary N) is 1. The van der Waals surface area contributed by atoms with E-state index < -0.39 is 6.10 Å². The van der Waals surface area contributed by atoms with Crippen molar-refractivity contribution in [2.45, 2.75) is 19.4 Å². The molecular formula is C9H15N3O2. The summed E-state index contributed by atoms with van der Waals surface area (Å²) < 4.78 is 1.63. The Kier molecular flexibility index (Phi) is 3.64. The molecule has 1 aromatic heterocycles. The summed E-state index contributed by atoms with van der Waals surface area (Å²) in [5.74, 6) is -0.211. The zero-order valence-corrected chi connectivity index (χ0v) is 8.40. The van der Waals surface area contributed by atoms with Gasteiger partial charge < -0.3 is 15.0 Å². The average molecular weight is 197 g/mol. The maximum absolute atomic E-state index is 11.5. The summed E-state index contributed by atoms with van der Waals surface area (Å²) in [5.41, 5.74) is 0.494. The fourth-order valence-corrected chi connectivity index (χ4v) is 1.02. The first-order valence-corrected chi connectivity index (χ1v) is 4.57. The van der Waals surface area contributed by atoms with Crippen molar-refractivity contribution in [3.05, 3.63) is 18.2 Å². The Morgan fingerprint density at radius 1 is 1.79 bits per heavy atom. The van der Waals surface area contributed by atoms with Crippen LogP contribution >= 0.6 is 0 Å². The zero-order chi connectivity index (χ0) is 10.6. The van der Waals surface area contributed by atoms with Gasteiger partial charge in [-0.15, -0.1) is 0 Å². The maximum atomic E-state index is 11.5. The minimum atomic E-state index is -0.479. The van der Waals surface area contributed by atoms with Crippen LogP contribution in [0.2, 0.25) is 0 Å². The normalized spacial score (nSPS) is 12.5. The van der Waals surface area contributed by atoms with Crippen LogP contribution in [0.1, 0.15) is 23.8 Å². The van der Waals surface area contributed by atoms with Gasteiger partial charge in [0.15, 0.2) is 0 Å². The molecule has 1 aromatic rings. The van der Waals surface area contributed by atoms with Crippen LogP contribution < -0.4 is 5.32 Å². The largest absolute Gasteiger partial charge is 0.391 e. The Morgan fingerprint density at radius 3 is 3.00 bits per heavy atom. The number of aliphatic hydroxyl groups excluding tert-OH is 1. The second-order valence-electron chi connectivity index (χ2n) is 3.16. The van der Waals surface area contributed by atoms with Gasteiger partial charge in [-0.05, 0) is 6.42 Å². The molecule has 0 spiro atoms. The van der Waals surface area contributed by atoms with Crippen LogP contribution in [-0.4, -0.2) is 33.2 Å². The lowest BCUT2D eigenvalue weighted by Gasteiger charge is -2.09. The van der Waals surface area contributed by atoms with Gasteiger partial charge in [0.1, 0.15) is 5.69 Å². The molecule has 0 fully saturated rings. The summed E-state index contributed by atoms with van der Waals surface area (Å²) in [6.07, 6.45) is 3.21. The number of amides is 1. The molecule has 14 heavy (non-hydrogen) atoms. The molecule has 1 atom stereocenters. The second kappa shape index (κ2) is 4.76. The molecule has 0 aliphatic heterocycles.